The fourth-order valence-electron chi connectivity index (χ4n) is 3.47. The Kier molecular flexibility index (Phi) is 3.44. The minimum atomic E-state index is -0.555. The number of carbonyl (C=O) groups is 1. The van der Waals surface area contributed by atoms with Crippen LogP contribution < -0.4 is 5.32 Å². The van der Waals surface area contributed by atoms with Crippen molar-refractivity contribution in [1.82, 2.24) is 9.97 Å². The van der Waals surface area contributed by atoms with Crippen molar-refractivity contribution in [1.29, 1.82) is 0 Å². The quantitative estimate of drug-likeness (QED) is 0.920. The van der Waals surface area contributed by atoms with Gasteiger partial charge in [0.15, 0.2) is 5.82 Å². The summed E-state index contributed by atoms with van der Waals surface area (Å²) in [6, 6.07) is 5.86. The lowest BCUT2D eigenvalue weighted by molar-refractivity contribution is 0.102. The zero-order valence-corrected chi connectivity index (χ0v) is 13.5. The minimum Gasteiger partial charge on any atom is -0.305 e. The fraction of sp³-hybridized carbons (Fsp3) is 0.316. The number of amides is 1. The Balaban J connectivity index is 1.49. The highest BCUT2D eigenvalue weighted by molar-refractivity contribution is 6.03. The van der Waals surface area contributed by atoms with Gasteiger partial charge in [-0.05, 0) is 55.7 Å². The van der Waals surface area contributed by atoms with Crippen molar-refractivity contribution in [3.05, 3.63) is 59.3 Å². The summed E-state index contributed by atoms with van der Waals surface area (Å²) in [5, 5.41) is 2.59. The van der Waals surface area contributed by atoms with Crippen molar-refractivity contribution in [3.8, 4) is 0 Å². The lowest BCUT2D eigenvalue weighted by Crippen LogP contribution is -2.15. The Hall–Kier alpha value is -2.56. The van der Waals surface area contributed by atoms with Gasteiger partial charge in [0.25, 0.3) is 5.91 Å². The summed E-state index contributed by atoms with van der Waals surface area (Å²) in [5.74, 6) is -0.756. The Morgan fingerprint density at radius 3 is 2.58 bits per heavy atom. The zero-order chi connectivity index (χ0) is 16.7. The first-order chi connectivity index (χ1) is 11.6. The Labute approximate surface area is 139 Å². The fourth-order valence-corrected chi connectivity index (χ4v) is 3.47. The largest absolute Gasteiger partial charge is 0.305 e. The van der Waals surface area contributed by atoms with Crippen molar-refractivity contribution in [2.45, 2.75) is 32.6 Å². The predicted octanol–water partition coefficient (Wildman–Crippen LogP) is 4.22. The van der Waals surface area contributed by atoms with E-state index >= 15 is 0 Å². The summed E-state index contributed by atoms with van der Waals surface area (Å²) >= 11 is 0. The molecule has 1 heterocycles. The van der Waals surface area contributed by atoms with Gasteiger partial charge in [0.1, 0.15) is 5.82 Å². The molecule has 0 atom stereocenters. The first-order valence-electron chi connectivity index (χ1n) is 8.13. The highest BCUT2D eigenvalue weighted by atomic mass is 19.1. The average Bonchev–Trinajstić information content (AvgIpc) is 3.24. The van der Waals surface area contributed by atoms with Crippen LogP contribution in [0.1, 0.15) is 48.7 Å². The van der Waals surface area contributed by atoms with Gasteiger partial charge in [-0.3, -0.25) is 9.78 Å². The van der Waals surface area contributed by atoms with E-state index in [0.717, 1.165) is 18.5 Å². The number of allylic oxidation sites excluding steroid dienone is 2. The number of nitrogens with zero attached hydrogens (tertiary/aromatic N) is 2. The molecular formula is C19H18FN3O. The third kappa shape index (κ3) is 2.70. The number of halogens is 1. The number of aromatic nitrogens is 2. The standard InChI is InChI=1S/C19H18FN3O/c1-12-8-19(6-7-19)9-14(12)16-10-22-17(11-21-16)23-18(24)13-4-2-3-5-15(13)20/h2-5,10-11H,6-9H2,1H3,(H,22,23,24). The zero-order valence-electron chi connectivity index (χ0n) is 13.5. The molecular weight excluding hydrogens is 305 g/mol. The van der Waals surface area contributed by atoms with Crippen LogP contribution in [-0.2, 0) is 0 Å². The SMILES string of the molecule is CC1=C(c2cnc(NC(=O)c3ccccc3F)cn2)CC2(CC2)C1. The van der Waals surface area contributed by atoms with E-state index in [-0.39, 0.29) is 5.56 Å². The van der Waals surface area contributed by atoms with Crippen molar-refractivity contribution in [3.63, 3.8) is 0 Å². The minimum absolute atomic E-state index is 0.00611. The molecule has 1 aromatic carbocycles. The molecule has 4 rings (SSSR count). The maximum atomic E-state index is 13.6. The number of rotatable bonds is 3. The molecule has 5 heteroatoms. The van der Waals surface area contributed by atoms with E-state index in [9.17, 15) is 9.18 Å². The van der Waals surface area contributed by atoms with Crippen molar-refractivity contribution < 1.29 is 9.18 Å². The third-order valence-electron chi connectivity index (χ3n) is 4.99. The summed E-state index contributed by atoms with van der Waals surface area (Å²) in [6.45, 7) is 2.16. The molecule has 1 amide bonds. The summed E-state index contributed by atoms with van der Waals surface area (Å²) in [5.41, 5.74) is 4.05. The molecule has 1 fully saturated rings. The molecule has 1 spiro atoms. The van der Waals surface area contributed by atoms with Gasteiger partial charge >= 0.3 is 0 Å². The molecule has 24 heavy (non-hydrogen) atoms. The number of hydrogen-bond acceptors (Lipinski definition) is 3. The van der Waals surface area contributed by atoms with E-state index in [1.165, 1.54) is 42.3 Å². The lowest BCUT2D eigenvalue weighted by atomic mass is 10.0. The molecule has 2 aliphatic carbocycles. The highest BCUT2D eigenvalue weighted by Gasteiger charge is 2.47. The molecule has 122 valence electrons. The van der Waals surface area contributed by atoms with Gasteiger partial charge in [-0.1, -0.05) is 17.7 Å². The van der Waals surface area contributed by atoms with Gasteiger partial charge in [0.05, 0.1) is 23.7 Å². The number of anilines is 1. The van der Waals surface area contributed by atoms with Crippen LogP contribution in [0.5, 0.6) is 0 Å². The summed E-state index contributed by atoms with van der Waals surface area (Å²) in [7, 11) is 0. The molecule has 0 bridgehead atoms. The number of hydrogen-bond donors (Lipinski definition) is 1. The van der Waals surface area contributed by atoms with Gasteiger partial charge in [0.2, 0.25) is 0 Å². The van der Waals surface area contributed by atoms with E-state index < -0.39 is 11.7 Å². The maximum absolute atomic E-state index is 13.6. The van der Waals surface area contributed by atoms with Crippen LogP contribution in [0.3, 0.4) is 0 Å². The average molecular weight is 323 g/mol. The van der Waals surface area contributed by atoms with Crippen LogP contribution >= 0.6 is 0 Å². The topological polar surface area (TPSA) is 54.9 Å². The van der Waals surface area contributed by atoms with Gasteiger partial charge < -0.3 is 5.32 Å². The molecule has 1 N–H and O–H groups in total. The Bertz CT molecular complexity index is 838. The van der Waals surface area contributed by atoms with Crippen molar-refractivity contribution in [2.75, 3.05) is 5.32 Å². The number of benzene rings is 1. The maximum Gasteiger partial charge on any atom is 0.259 e. The van der Waals surface area contributed by atoms with Crippen LogP contribution in [0.15, 0.2) is 42.2 Å². The second-order valence-corrected chi connectivity index (χ2v) is 6.83. The van der Waals surface area contributed by atoms with E-state index in [1.807, 2.05) is 0 Å². The highest BCUT2D eigenvalue weighted by Crippen LogP contribution is 2.61. The molecule has 0 saturated heterocycles. The molecule has 0 unspecified atom stereocenters. The van der Waals surface area contributed by atoms with Crippen LogP contribution in [0.25, 0.3) is 5.57 Å². The molecule has 4 nitrogen and oxygen atoms in total. The molecule has 0 aliphatic heterocycles. The van der Waals surface area contributed by atoms with E-state index in [0.29, 0.717) is 11.2 Å². The molecule has 2 aromatic rings. The van der Waals surface area contributed by atoms with Gasteiger partial charge in [-0.2, -0.15) is 0 Å². The summed E-state index contributed by atoms with van der Waals surface area (Å²) in [6.07, 6.45) is 8.07. The second kappa shape index (κ2) is 5.51. The Morgan fingerprint density at radius 2 is 1.96 bits per heavy atom. The third-order valence-corrected chi connectivity index (χ3v) is 4.99. The van der Waals surface area contributed by atoms with Crippen LogP contribution in [0.2, 0.25) is 0 Å². The summed E-state index contributed by atoms with van der Waals surface area (Å²) in [4.78, 5) is 20.8. The smallest absolute Gasteiger partial charge is 0.259 e. The normalized spacial score (nSPS) is 18.1. The van der Waals surface area contributed by atoms with Gasteiger partial charge in [-0.15, -0.1) is 0 Å². The Morgan fingerprint density at radius 1 is 1.17 bits per heavy atom. The van der Waals surface area contributed by atoms with E-state index in [4.69, 9.17) is 0 Å². The van der Waals surface area contributed by atoms with Crippen LogP contribution in [-0.4, -0.2) is 15.9 Å². The van der Waals surface area contributed by atoms with Crippen LogP contribution in [0.4, 0.5) is 10.2 Å². The van der Waals surface area contributed by atoms with Gasteiger partial charge in [0, 0.05) is 0 Å². The van der Waals surface area contributed by atoms with Gasteiger partial charge in [-0.25, -0.2) is 9.37 Å². The molecule has 1 aromatic heterocycles. The monoisotopic (exact) mass is 323 g/mol. The summed E-state index contributed by atoms with van der Waals surface area (Å²) < 4.78 is 13.6. The first kappa shape index (κ1) is 15.0. The molecule has 0 radical (unpaired) electrons. The van der Waals surface area contributed by atoms with E-state index in [1.54, 1.807) is 18.3 Å². The molecule has 1 saturated carbocycles. The van der Waals surface area contributed by atoms with Crippen molar-refractivity contribution >= 4 is 17.3 Å². The number of carbonyl (C=O) groups excluding carboxylic acids is 1. The van der Waals surface area contributed by atoms with Crippen molar-refractivity contribution in [2.24, 2.45) is 5.41 Å². The lowest BCUT2D eigenvalue weighted by Gasteiger charge is -2.08. The predicted molar refractivity (Wildman–Crippen MR) is 89.9 cm³/mol. The van der Waals surface area contributed by atoms with E-state index in [2.05, 4.69) is 22.2 Å². The number of nitrogens with one attached hydrogen (secondary N) is 1. The molecule has 2 aliphatic rings. The van der Waals surface area contributed by atoms with Crippen LogP contribution in [0, 0.1) is 11.2 Å². The first-order valence-corrected chi connectivity index (χ1v) is 8.13. The second-order valence-electron chi connectivity index (χ2n) is 6.83.